The van der Waals surface area contributed by atoms with Crippen LogP contribution in [0.25, 0.3) is 0 Å². The molecule has 34 heavy (non-hydrogen) atoms. The van der Waals surface area contributed by atoms with Crippen LogP contribution in [-0.2, 0) is 25.9 Å². The fourth-order valence-electron chi connectivity index (χ4n) is 3.12. The monoisotopic (exact) mass is 499 g/mol. The zero-order valence-electron chi connectivity index (χ0n) is 18.3. The van der Waals surface area contributed by atoms with Crippen molar-refractivity contribution in [1.82, 2.24) is 9.88 Å². The Bertz CT molecular complexity index is 1240. The van der Waals surface area contributed by atoms with Crippen molar-refractivity contribution < 1.29 is 40.7 Å². The average Bonchev–Trinajstić information content (AvgIpc) is 2.99. The molecular weight excluding hydrogens is 479 g/mol. The summed E-state index contributed by atoms with van der Waals surface area (Å²) in [5.74, 6) is -1.34. The molecule has 0 unspecified atom stereocenters. The number of carbonyl (C=O) groups is 3. The number of ether oxygens (including phenoxy) is 1. The number of esters is 1. The van der Waals surface area contributed by atoms with Gasteiger partial charge in [0.25, 0.3) is 15.7 Å². The van der Waals surface area contributed by atoms with Gasteiger partial charge in [0.1, 0.15) is 12.1 Å². The summed E-state index contributed by atoms with van der Waals surface area (Å²) in [6.45, 7) is 4.56. The van der Waals surface area contributed by atoms with Crippen LogP contribution in [0.2, 0.25) is 0 Å². The van der Waals surface area contributed by atoms with Gasteiger partial charge in [-0.1, -0.05) is 0 Å². The Balaban J connectivity index is 1.82. The number of anilines is 1. The molecule has 1 saturated heterocycles. The minimum absolute atomic E-state index is 0.0966. The third-order valence-corrected chi connectivity index (χ3v) is 6.14. The van der Waals surface area contributed by atoms with Gasteiger partial charge in [0.15, 0.2) is 0 Å². The minimum atomic E-state index is -5.57. The number of amides is 3. The zero-order chi connectivity index (χ0) is 25.5. The van der Waals surface area contributed by atoms with Crippen LogP contribution >= 0.6 is 0 Å². The lowest BCUT2D eigenvalue weighted by atomic mass is 10.1. The molecular formula is C21H20F3N3O6S. The van der Waals surface area contributed by atoms with E-state index in [4.69, 9.17) is 4.74 Å². The van der Waals surface area contributed by atoms with Gasteiger partial charge in [-0.2, -0.15) is 13.2 Å². The Labute approximate surface area is 193 Å². The highest BCUT2D eigenvalue weighted by Crippen LogP contribution is 2.32. The molecule has 0 aliphatic carbocycles. The molecule has 1 fully saturated rings. The molecule has 182 valence electrons. The molecule has 1 aromatic heterocycles. The van der Waals surface area contributed by atoms with E-state index >= 15 is 0 Å². The van der Waals surface area contributed by atoms with Crippen molar-refractivity contribution in [3.8, 4) is 0 Å². The Morgan fingerprint density at radius 2 is 1.71 bits per heavy atom. The normalized spacial score (nSPS) is 15.1. The number of urea groups is 1. The predicted octanol–water partition coefficient (Wildman–Crippen LogP) is 3.30. The lowest BCUT2D eigenvalue weighted by Gasteiger charge is -2.22. The topological polar surface area (TPSA) is 114 Å². The second-order valence-electron chi connectivity index (χ2n) is 8.35. The lowest BCUT2D eigenvalue weighted by molar-refractivity contribution is -0.116. The number of pyridine rings is 1. The number of alkyl halides is 3. The summed E-state index contributed by atoms with van der Waals surface area (Å²) >= 11 is 0. The van der Waals surface area contributed by atoms with E-state index in [1.54, 1.807) is 20.8 Å². The van der Waals surface area contributed by atoms with E-state index in [9.17, 15) is 36.0 Å². The van der Waals surface area contributed by atoms with E-state index in [-0.39, 0.29) is 24.3 Å². The first-order chi connectivity index (χ1) is 15.6. The number of benzene rings is 1. The average molecular weight is 499 g/mol. The standard InChI is InChI=1S/C21H20F3N3O6S/c1-20(2,3)33-18(29)16-10-25-9-8-13(16)11-26-12-17(28)27(19(26)30)14-4-6-15(7-5-14)34(31,32)21(22,23)24/h4-10H,11-12H2,1-3H3. The van der Waals surface area contributed by atoms with Gasteiger partial charge >= 0.3 is 17.5 Å². The molecule has 0 saturated carbocycles. The number of hydrogen-bond acceptors (Lipinski definition) is 7. The molecule has 0 bridgehead atoms. The molecule has 0 spiro atoms. The van der Waals surface area contributed by atoms with Crippen LogP contribution in [0.1, 0.15) is 36.7 Å². The van der Waals surface area contributed by atoms with E-state index in [1.807, 2.05) is 0 Å². The molecule has 1 aliphatic heterocycles. The van der Waals surface area contributed by atoms with E-state index < -0.39 is 43.7 Å². The predicted molar refractivity (Wildman–Crippen MR) is 112 cm³/mol. The molecule has 0 atom stereocenters. The third-order valence-electron chi connectivity index (χ3n) is 4.64. The highest BCUT2D eigenvalue weighted by Gasteiger charge is 2.47. The van der Waals surface area contributed by atoms with Crippen LogP contribution in [0.4, 0.5) is 23.7 Å². The van der Waals surface area contributed by atoms with Crippen LogP contribution in [0, 0.1) is 0 Å². The second kappa shape index (κ2) is 8.70. The summed E-state index contributed by atoms with van der Waals surface area (Å²) in [7, 11) is -5.57. The number of hydrogen-bond donors (Lipinski definition) is 0. The minimum Gasteiger partial charge on any atom is -0.456 e. The first-order valence-electron chi connectivity index (χ1n) is 9.81. The largest absolute Gasteiger partial charge is 0.501 e. The number of aromatic nitrogens is 1. The smallest absolute Gasteiger partial charge is 0.456 e. The van der Waals surface area contributed by atoms with Crippen LogP contribution in [-0.4, -0.2) is 53.9 Å². The highest BCUT2D eigenvalue weighted by molar-refractivity contribution is 7.92. The quantitative estimate of drug-likeness (QED) is 0.458. The van der Waals surface area contributed by atoms with Gasteiger partial charge < -0.3 is 9.64 Å². The van der Waals surface area contributed by atoms with Crippen molar-refractivity contribution in [2.24, 2.45) is 0 Å². The van der Waals surface area contributed by atoms with Crippen molar-refractivity contribution in [1.29, 1.82) is 0 Å². The van der Waals surface area contributed by atoms with Crippen molar-refractivity contribution in [2.75, 3.05) is 11.4 Å². The maximum Gasteiger partial charge on any atom is 0.501 e. The molecule has 9 nitrogen and oxygen atoms in total. The summed E-state index contributed by atoms with van der Waals surface area (Å²) in [5, 5.41) is 0. The summed E-state index contributed by atoms with van der Waals surface area (Å²) in [6.07, 6.45) is 2.69. The van der Waals surface area contributed by atoms with E-state index in [0.717, 1.165) is 21.9 Å². The second-order valence-corrected chi connectivity index (χ2v) is 10.3. The SMILES string of the molecule is CC(C)(C)OC(=O)c1cnccc1CN1CC(=O)N(c2ccc(S(=O)(=O)C(F)(F)F)cc2)C1=O. The molecule has 0 N–H and O–H groups in total. The Kier molecular flexibility index (Phi) is 6.44. The number of rotatable bonds is 5. The van der Waals surface area contributed by atoms with Crippen molar-refractivity contribution in [3.63, 3.8) is 0 Å². The van der Waals surface area contributed by atoms with Crippen LogP contribution in [0.15, 0.2) is 47.6 Å². The summed E-state index contributed by atoms with van der Waals surface area (Å²) < 4.78 is 66.6. The number of nitrogens with zero attached hydrogens (tertiary/aromatic N) is 3. The van der Waals surface area contributed by atoms with E-state index in [1.165, 1.54) is 18.5 Å². The molecule has 2 aromatic rings. The maximum atomic E-state index is 12.9. The van der Waals surface area contributed by atoms with Gasteiger partial charge in [0, 0.05) is 18.9 Å². The van der Waals surface area contributed by atoms with Crippen LogP contribution in [0.5, 0.6) is 0 Å². The van der Waals surface area contributed by atoms with Crippen molar-refractivity contribution in [3.05, 3.63) is 53.9 Å². The number of carbonyl (C=O) groups excluding carboxylic acids is 3. The van der Waals surface area contributed by atoms with Crippen LogP contribution in [0.3, 0.4) is 0 Å². The van der Waals surface area contributed by atoms with Crippen molar-refractivity contribution >= 4 is 33.4 Å². The summed E-state index contributed by atoms with van der Waals surface area (Å²) in [6, 6.07) is 3.93. The van der Waals surface area contributed by atoms with Gasteiger partial charge in [-0.25, -0.2) is 22.9 Å². The lowest BCUT2D eigenvalue weighted by Crippen LogP contribution is -2.33. The van der Waals surface area contributed by atoms with E-state index in [2.05, 4.69) is 4.98 Å². The van der Waals surface area contributed by atoms with E-state index in [0.29, 0.717) is 17.7 Å². The molecule has 2 heterocycles. The molecule has 3 rings (SSSR count). The number of halogens is 3. The Morgan fingerprint density at radius 1 is 1.09 bits per heavy atom. The molecule has 0 radical (unpaired) electrons. The molecule has 1 aromatic carbocycles. The molecule has 3 amide bonds. The molecule has 1 aliphatic rings. The highest BCUT2D eigenvalue weighted by atomic mass is 32.2. The fourth-order valence-corrected chi connectivity index (χ4v) is 3.88. The zero-order valence-corrected chi connectivity index (χ0v) is 19.1. The maximum absolute atomic E-state index is 12.9. The third kappa shape index (κ3) is 5.03. The molecule has 13 heteroatoms. The van der Waals surface area contributed by atoms with Gasteiger partial charge in [-0.05, 0) is 56.7 Å². The fraction of sp³-hybridized carbons (Fsp3) is 0.333. The van der Waals surface area contributed by atoms with Crippen molar-refractivity contribution in [2.45, 2.75) is 43.3 Å². The Hall–Kier alpha value is -3.48. The van der Waals surface area contributed by atoms with Crippen LogP contribution < -0.4 is 4.90 Å². The summed E-state index contributed by atoms with van der Waals surface area (Å²) in [4.78, 5) is 42.6. The Morgan fingerprint density at radius 3 is 2.26 bits per heavy atom. The van der Waals surface area contributed by atoms with Gasteiger partial charge in [-0.3, -0.25) is 9.78 Å². The van der Waals surface area contributed by atoms with Gasteiger partial charge in [-0.15, -0.1) is 0 Å². The number of imide groups is 1. The summed E-state index contributed by atoms with van der Waals surface area (Å²) in [5.41, 5.74) is -5.87. The first kappa shape index (κ1) is 25.1. The van der Waals surface area contributed by atoms with Gasteiger partial charge in [0.2, 0.25) is 0 Å². The van der Waals surface area contributed by atoms with Gasteiger partial charge in [0.05, 0.1) is 16.1 Å². The number of sulfone groups is 1. The first-order valence-corrected chi connectivity index (χ1v) is 11.3.